The molecule has 0 amide bonds. The summed E-state index contributed by atoms with van der Waals surface area (Å²) in [5.74, 6) is -0.380. The molecule has 2 aromatic carbocycles. The predicted octanol–water partition coefficient (Wildman–Crippen LogP) is 2.88. The fourth-order valence-electron chi connectivity index (χ4n) is 2.01. The minimum Gasteiger partial charge on any atom is -0.258 e. The minimum absolute atomic E-state index is 0.132. The Labute approximate surface area is 116 Å². The number of sulfone groups is 1. The summed E-state index contributed by atoms with van der Waals surface area (Å²) in [5, 5.41) is 11.1. The first-order valence-corrected chi connectivity index (χ1v) is 7.58. The summed E-state index contributed by atoms with van der Waals surface area (Å²) < 4.78 is 24.5. The number of aryl methyl sites for hydroxylation is 1. The zero-order valence-corrected chi connectivity index (χ0v) is 11.6. The third kappa shape index (κ3) is 2.85. The van der Waals surface area contributed by atoms with Gasteiger partial charge in [-0.2, -0.15) is 0 Å². The van der Waals surface area contributed by atoms with Crippen molar-refractivity contribution in [3.8, 4) is 0 Å². The molecule has 0 saturated carbocycles. The maximum Gasteiger partial charge on any atom is 0.276 e. The molecule has 0 aliphatic carbocycles. The fraction of sp³-hybridized carbons (Fsp3) is 0.143. The van der Waals surface area contributed by atoms with Crippen LogP contribution in [0.15, 0.2) is 53.4 Å². The van der Waals surface area contributed by atoms with Gasteiger partial charge >= 0.3 is 0 Å². The average Bonchev–Trinajstić information content (AvgIpc) is 2.39. The van der Waals surface area contributed by atoms with Gasteiger partial charge in [0, 0.05) is 11.1 Å². The van der Waals surface area contributed by atoms with E-state index in [1.807, 2.05) is 0 Å². The molecule has 0 atom stereocenters. The number of nitrogens with zero attached hydrogens (tertiary/aromatic N) is 1. The number of rotatable bonds is 4. The molecule has 0 radical (unpaired) electrons. The maximum atomic E-state index is 12.3. The highest BCUT2D eigenvalue weighted by Crippen LogP contribution is 2.26. The summed E-state index contributed by atoms with van der Waals surface area (Å²) in [4.78, 5) is 10.7. The van der Waals surface area contributed by atoms with Crippen molar-refractivity contribution in [2.45, 2.75) is 17.6 Å². The molecule has 0 N–H and O–H groups in total. The molecular formula is C14H13NO4S. The van der Waals surface area contributed by atoms with Crippen molar-refractivity contribution < 1.29 is 13.3 Å². The standard InChI is InChI=1S/C14H13NO4S/c1-11-6-5-7-12(14(11)15(16)17)10-20(18,19)13-8-3-2-4-9-13/h2-9H,10H2,1H3. The van der Waals surface area contributed by atoms with Crippen molar-refractivity contribution in [3.63, 3.8) is 0 Å². The van der Waals surface area contributed by atoms with Crippen LogP contribution in [0.3, 0.4) is 0 Å². The van der Waals surface area contributed by atoms with Gasteiger partial charge in [-0.1, -0.05) is 36.4 Å². The number of nitro benzene ring substituents is 1. The molecule has 2 aromatic rings. The highest BCUT2D eigenvalue weighted by molar-refractivity contribution is 7.90. The first-order valence-electron chi connectivity index (χ1n) is 5.92. The second-order valence-corrected chi connectivity index (χ2v) is 6.40. The Kier molecular flexibility index (Phi) is 3.85. The molecule has 5 nitrogen and oxygen atoms in total. The van der Waals surface area contributed by atoms with Crippen molar-refractivity contribution in [2.75, 3.05) is 0 Å². The van der Waals surface area contributed by atoms with Crippen molar-refractivity contribution in [2.24, 2.45) is 0 Å². The van der Waals surface area contributed by atoms with Crippen molar-refractivity contribution in [3.05, 3.63) is 69.8 Å². The van der Waals surface area contributed by atoms with E-state index in [1.165, 1.54) is 18.2 Å². The topological polar surface area (TPSA) is 77.3 Å². The van der Waals surface area contributed by atoms with Crippen LogP contribution in [-0.4, -0.2) is 13.3 Å². The van der Waals surface area contributed by atoms with E-state index in [2.05, 4.69) is 0 Å². The Morgan fingerprint density at radius 1 is 1.05 bits per heavy atom. The van der Waals surface area contributed by atoms with Crippen LogP contribution in [-0.2, 0) is 15.6 Å². The Morgan fingerprint density at radius 2 is 1.70 bits per heavy atom. The second-order valence-electron chi connectivity index (χ2n) is 4.41. The van der Waals surface area contributed by atoms with E-state index in [4.69, 9.17) is 0 Å². The third-order valence-electron chi connectivity index (χ3n) is 2.95. The van der Waals surface area contributed by atoms with Crippen molar-refractivity contribution >= 4 is 15.5 Å². The molecule has 2 rings (SSSR count). The molecule has 104 valence electrons. The van der Waals surface area contributed by atoms with E-state index in [0.29, 0.717) is 5.56 Å². The van der Waals surface area contributed by atoms with Gasteiger partial charge in [-0.3, -0.25) is 10.1 Å². The summed E-state index contributed by atoms with van der Waals surface area (Å²) in [5.41, 5.74) is 0.529. The largest absolute Gasteiger partial charge is 0.276 e. The maximum absolute atomic E-state index is 12.3. The van der Waals surface area contributed by atoms with Crippen LogP contribution < -0.4 is 0 Å². The van der Waals surface area contributed by atoms with Crippen LogP contribution >= 0.6 is 0 Å². The lowest BCUT2D eigenvalue weighted by molar-refractivity contribution is -0.386. The Balaban J connectivity index is 2.46. The van der Waals surface area contributed by atoms with Gasteiger partial charge in [-0.15, -0.1) is 0 Å². The molecule has 0 fully saturated rings. The van der Waals surface area contributed by atoms with Crippen LogP contribution in [0.25, 0.3) is 0 Å². The molecule has 20 heavy (non-hydrogen) atoms. The van der Waals surface area contributed by atoms with E-state index >= 15 is 0 Å². The van der Waals surface area contributed by atoms with Gasteiger partial charge < -0.3 is 0 Å². The minimum atomic E-state index is -3.59. The lowest BCUT2D eigenvalue weighted by Gasteiger charge is -2.07. The molecule has 0 saturated heterocycles. The molecule has 0 bridgehead atoms. The second kappa shape index (κ2) is 5.42. The van der Waals surface area contributed by atoms with Crippen LogP contribution in [0.2, 0.25) is 0 Å². The number of para-hydroxylation sites is 1. The lowest BCUT2D eigenvalue weighted by atomic mass is 10.1. The molecule has 0 aromatic heterocycles. The van der Waals surface area contributed by atoms with Gasteiger partial charge in [0.2, 0.25) is 0 Å². The van der Waals surface area contributed by atoms with Crippen LogP contribution in [0.5, 0.6) is 0 Å². The number of nitro groups is 1. The van der Waals surface area contributed by atoms with Crippen LogP contribution in [0.1, 0.15) is 11.1 Å². The van der Waals surface area contributed by atoms with Gasteiger partial charge in [-0.05, 0) is 19.1 Å². The molecule has 0 heterocycles. The van der Waals surface area contributed by atoms with Gasteiger partial charge in [0.15, 0.2) is 9.84 Å². The summed E-state index contributed by atoms with van der Waals surface area (Å²) in [7, 11) is -3.59. The van der Waals surface area contributed by atoms with Gasteiger partial charge in [0.05, 0.1) is 15.6 Å². The van der Waals surface area contributed by atoms with Crippen LogP contribution in [0, 0.1) is 17.0 Å². The van der Waals surface area contributed by atoms with Crippen molar-refractivity contribution in [1.29, 1.82) is 0 Å². The Morgan fingerprint density at radius 3 is 2.30 bits per heavy atom. The van der Waals surface area contributed by atoms with E-state index in [9.17, 15) is 18.5 Å². The van der Waals surface area contributed by atoms with Gasteiger partial charge in [-0.25, -0.2) is 8.42 Å². The zero-order chi connectivity index (χ0) is 14.8. The average molecular weight is 291 g/mol. The molecular weight excluding hydrogens is 278 g/mol. The molecule has 0 aliphatic rings. The number of hydrogen-bond donors (Lipinski definition) is 0. The first kappa shape index (κ1) is 14.2. The van der Waals surface area contributed by atoms with Crippen LogP contribution in [0.4, 0.5) is 5.69 Å². The van der Waals surface area contributed by atoms with Gasteiger partial charge in [0.1, 0.15) is 0 Å². The monoisotopic (exact) mass is 291 g/mol. The highest BCUT2D eigenvalue weighted by atomic mass is 32.2. The zero-order valence-electron chi connectivity index (χ0n) is 10.8. The normalized spacial score (nSPS) is 11.2. The van der Waals surface area contributed by atoms with Crippen molar-refractivity contribution in [1.82, 2.24) is 0 Å². The third-order valence-corrected chi connectivity index (χ3v) is 4.63. The summed E-state index contributed by atoms with van der Waals surface area (Å²) in [6, 6.07) is 12.6. The van der Waals surface area contributed by atoms with Gasteiger partial charge in [0.25, 0.3) is 5.69 Å². The quantitative estimate of drug-likeness (QED) is 0.641. The molecule has 0 unspecified atom stereocenters. The fourth-order valence-corrected chi connectivity index (χ4v) is 3.39. The lowest BCUT2D eigenvalue weighted by Crippen LogP contribution is -2.07. The summed E-state index contributed by atoms with van der Waals surface area (Å²) >= 11 is 0. The first-order chi connectivity index (χ1) is 9.42. The molecule has 6 heteroatoms. The summed E-state index contributed by atoms with van der Waals surface area (Å²) in [6.45, 7) is 1.59. The molecule has 0 spiro atoms. The number of benzene rings is 2. The smallest absolute Gasteiger partial charge is 0.258 e. The van der Waals surface area contributed by atoms with E-state index in [1.54, 1.807) is 37.3 Å². The number of hydrogen-bond acceptors (Lipinski definition) is 4. The highest BCUT2D eigenvalue weighted by Gasteiger charge is 2.23. The Hall–Kier alpha value is -2.21. The SMILES string of the molecule is Cc1cccc(CS(=O)(=O)c2ccccc2)c1[N+](=O)[O-]. The van der Waals surface area contributed by atoms with E-state index in [-0.39, 0.29) is 21.9 Å². The predicted molar refractivity (Wildman–Crippen MR) is 75.2 cm³/mol. The van der Waals surface area contributed by atoms with E-state index < -0.39 is 14.8 Å². The van der Waals surface area contributed by atoms with E-state index in [0.717, 1.165) is 0 Å². The molecule has 0 aliphatic heterocycles. The summed E-state index contributed by atoms with van der Waals surface area (Å²) in [6.07, 6.45) is 0. The Bertz CT molecular complexity index is 739.